The van der Waals surface area contributed by atoms with E-state index in [0.29, 0.717) is 30.6 Å². The van der Waals surface area contributed by atoms with Crippen molar-refractivity contribution in [3.05, 3.63) is 35.4 Å². The summed E-state index contributed by atoms with van der Waals surface area (Å²) in [6.45, 7) is 2.66. The maximum Gasteiger partial charge on any atom is 0.322 e. The van der Waals surface area contributed by atoms with Crippen LogP contribution >= 0.6 is 12.4 Å². The van der Waals surface area contributed by atoms with E-state index in [4.69, 9.17) is 5.73 Å². The minimum absolute atomic E-state index is 0. The van der Waals surface area contributed by atoms with Crippen molar-refractivity contribution >= 4 is 30.3 Å². The molecule has 1 saturated heterocycles. The smallest absolute Gasteiger partial charge is 0.322 e. The Morgan fingerprint density at radius 2 is 1.91 bits per heavy atom. The molecule has 1 aromatic rings. The molecule has 2 rings (SSSR count). The van der Waals surface area contributed by atoms with Crippen molar-refractivity contribution in [2.75, 3.05) is 13.1 Å². The molecule has 0 spiro atoms. The predicted octanol–water partition coefficient (Wildman–Crippen LogP) is 0.242. The number of carbonyl (C=O) groups is 3. The number of nitrogens with two attached hydrogens (primary N) is 1. The van der Waals surface area contributed by atoms with Gasteiger partial charge >= 0.3 is 6.03 Å². The number of amides is 4. The van der Waals surface area contributed by atoms with Gasteiger partial charge in [-0.05, 0) is 37.6 Å². The van der Waals surface area contributed by atoms with E-state index in [0.717, 1.165) is 0 Å². The monoisotopic (exact) mass is 326 g/mol. The molecule has 1 aliphatic rings. The average Bonchev–Trinajstić information content (AvgIpc) is 2.73. The highest BCUT2D eigenvalue weighted by atomic mass is 35.5. The summed E-state index contributed by atoms with van der Waals surface area (Å²) >= 11 is 0. The van der Waals surface area contributed by atoms with Gasteiger partial charge in [0.2, 0.25) is 0 Å². The third-order valence-electron chi connectivity index (χ3n) is 3.44. The Balaban J connectivity index is 0.00000242. The van der Waals surface area contributed by atoms with Gasteiger partial charge in [0.25, 0.3) is 11.8 Å². The molecule has 0 saturated carbocycles. The Labute approximate surface area is 134 Å². The van der Waals surface area contributed by atoms with Crippen LogP contribution in [0.15, 0.2) is 24.3 Å². The second-order valence-corrected chi connectivity index (χ2v) is 5.01. The van der Waals surface area contributed by atoms with Gasteiger partial charge in [0.05, 0.1) is 0 Å². The van der Waals surface area contributed by atoms with Gasteiger partial charge in [-0.25, -0.2) is 4.79 Å². The summed E-state index contributed by atoms with van der Waals surface area (Å²) in [5.41, 5.74) is 5.36. The van der Waals surface area contributed by atoms with E-state index in [1.165, 1.54) is 0 Å². The third-order valence-corrected chi connectivity index (χ3v) is 3.44. The Bertz CT molecular complexity index is 576. The number of imide groups is 1. The number of hydrogen-bond donors (Lipinski definition) is 4. The molecule has 0 radical (unpaired) electrons. The highest BCUT2D eigenvalue weighted by Crippen LogP contribution is 2.24. The van der Waals surface area contributed by atoms with Gasteiger partial charge in [-0.3, -0.25) is 14.9 Å². The first-order chi connectivity index (χ1) is 9.97. The number of nitrogens with one attached hydrogen (secondary N) is 3. The predicted molar refractivity (Wildman–Crippen MR) is 83.7 cm³/mol. The van der Waals surface area contributed by atoms with E-state index < -0.39 is 17.5 Å². The topological polar surface area (TPSA) is 113 Å². The minimum atomic E-state index is -1.11. The Morgan fingerprint density at radius 1 is 1.27 bits per heavy atom. The molecule has 1 atom stereocenters. The van der Waals surface area contributed by atoms with Crippen LogP contribution in [-0.4, -0.2) is 30.9 Å². The molecule has 8 heteroatoms. The van der Waals surface area contributed by atoms with Crippen LogP contribution in [0, 0.1) is 0 Å². The van der Waals surface area contributed by atoms with Crippen molar-refractivity contribution < 1.29 is 14.4 Å². The molecule has 7 nitrogen and oxygen atoms in total. The zero-order chi connectivity index (χ0) is 15.5. The van der Waals surface area contributed by atoms with E-state index >= 15 is 0 Å². The lowest BCUT2D eigenvalue weighted by molar-refractivity contribution is -0.123. The van der Waals surface area contributed by atoms with Gasteiger partial charge in [-0.1, -0.05) is 12.1 Å². The summed E-state index contributed by atoms with van der Waals surface area (Å²) in [6, 6.07) is 6.03. The molecular formula is C14H19ClN4O3. The number of rotatable bonds is 5. The zero-order valence-electron chi connectivity index (χ0n) is 12.1. The van der Waals surface area contributed by atoms with Crippen LogP contribution in [0.5, 0.6) is 0 Å². The molecule has 0 aliphatic carbocycles. The lowest BCUT2D eigenvalue weighted by Crippen LogP contribution is -2.40. The van der Waals surface area contributed by atoms with Crippen LogP contribution in [0.2, 0.25) is 0 Å². The number of benzene rings is 1. The second-order valence-electron chi connectivity index (χ2n) is 5.01. The fourth-order valence-corrected chi connectivity index (χ4v) is 2.11. The van der Waals surface area contributed by atoms with Crippen LogP contribution in [-0.2, 0) is 10.3 Å². The highest BCUT2D eigenvalue weighted by Gasteiger charge is 2.43. The molecule has 1 heterocycles. The summed E-state index contributed by atoms with van der Waals surface area (Å²) in [4.78, 5) is 34.9. The molecule has 1 fully saturated rings. The van der Waals surface area contributed by atoms with Crippen LogP contribution in [0.4, 0.5) is 4.79 Å². The van der Waals surface area contributed by atoms with Crippen molar-refractivity contribution in [1.82, 2.24) is 16.0 Å². The molecule has 5 N–H and O–H groups in total. The average molecular weight is 327 g/mol. The summed E-state index contributed by atoms with van der Waals surface area (Å²) in [5, 5.41) is 7.52. The van der Waals surface area contributed by atoms with Crippen molar-refractivity contribution in [2.24, 2.45) is 5.73 Å². The maximum absolute atomic E-state index is 11.8. The first-order valence-corrected chi connectivity index (χ1v) is 6.70. The SMILES string of the molecule is CC1(c2ccc(C(=O)NCCCN)cc2)NC(=O)NC1=O.Cl. The molecular weight excluding hydrogens is 308 g/mol. The normalized spacial score (nSPS) is 19.9. The molecule has 0 aromatic heterocycles. The van der Waals surface area contributed by atoms with E-state index in [1.54, 1.807) is 31.2 Å². The van der Waals surface area contributed by atoms with Gasteiger partial charge in [0.15, 0.2) is 0 Å². The minimum Gasteiger partial charge on any atom is -0.352 e. The molecule has 0 bridgehead atoms. The molecule has 1 unspecified atom stereocenters. The van der Waals surface area contributed by atoms with E-state index in [-0.39, 0.29) is 18.3 Å². The van der Waals surface area contributed by atoms with Gasteiger partial charge < -0.3 is 16.4 Å². The first kappa shape index (κ1) is 17.9. The Kier molecular flexibility index (Phi) is 5.90. The summed E-state index contributed by atoms with van der Waals surface area (Å²) in [6.07, 6.45) is 0.716. The lowest BCUT2D eigenvalue weighted by atomic mass is 9.91. The Morgan fingerprint density at radius 3 is 2.41 bits per heavy atom. The number of hydrogen-bond acceptors (Lipinski definition) is 4. The first-order valence-electron chi connectivity index (χ1n) is 6.70. The number of halogens is 1. The molecule has 1 aliphatic heterocycles. The van der Waals surface area contributed by atoms with Gasteiger partial charge in [0.1, 0.15) is 5.54 Å². The van der Waals surface area contributed by atoms with Crippen molar-refractivity contribution in [1.29, 1.82) is 0 Å². The summed E-state index contributed by atoms with van der Waals surface area (Å²) in [5.74, 6) is -0.604. The standard InChI is InChI=1S/C14H18N4O3.ClH/c1-14(12(20)17-13(21)18-14)10-5-3-9(4-6-10)11(19)16-8-2-7-15;/h3-6H,2,7-8,15H2,1H3,(H,16,19)(H2,17,18,20,21);1H. The van der Waals surface area contributed by atoms with Crippen molar-refractivity contribution in [3.63, 3.8) is 0 Å². The highest BCUT2D eigenvalue weighted by molar-refractivity contribution is 6.07. The van der Waals surface area contributed by atoms with Gasteiger partial charge in [-0.15, -0.1) is 12.4 Å². The van der Waals surface area contributed by atoms with Crippen molar-refractivity contribution in [2.45, 2.75) is 18.9 Å². The van der Waals surface area contributed by atoms with E-state index in [2.05, 4.69) is 16.0 Å². The summed E-state index contributed by atoms with van der Waals surface area (Å²) in [7, 11) is 0. The second kappa shape index (κ2) is 7.24. The molecule has 1 aromatic carbocycles. The van der Waals surface area contributed by atoms with Gasteiger partial charge in [-0.2, -0.15) is 0 Å². The fraction of sp³-hybridized carbons (Fsp3) is 0.357. The van der Waals surface area contributed by atoms with Crippen LogP contribution in [0.3, 0.4) is 0 Å². The molecule has 22 heavy (non-hydrogen) atoms. The summed E-state index contributed by atoms with van der Waals surface area (Å²) < 4.78 is 0. The number of carbonyl (C=O) groups excluding carboxylic acids is 3. The largest absolute Gasteiger partial charge is 0.352 e. The lowest BCUT2D eigenvalue weighted by Gasteiger charge is -2.21. The molecule has 120 valence electrons. The zero-order valence-corrected chi connectivity index (χ0v) is 13.0. The van der Waals surface area contributed by atoms with Crippen LogP contribution in [0.1, 0.15) is 29.3 Å². The van der Waals surface area contributed by atoms with E-state index in [9.17, 15) is 14.4 Å². The van der Waals surface area contributed by atoms with Crippen LogP contribution < -0.4 is 21.7 Å². The van der Waals surface area contributed by atoms with Crippen LogP contribution in [0.25, 0.3) is 0 Å². The quantitative estimate of drug-likeness (QED) is 0.458. The number of urea groups is 1. The fourth-order valence-electron chi connectivity index (χ4n) is 2.11. The molecule has 4 amide bonds. The van der Waals surface area contributed by atoms with Crippen molar-refractivity contribution in [3.8, 4) is 0 Å². The Hall–Kier alpha value is -2.12. The van der Waals surface area contributed by atoms with E-state index in [1.807, 2.05) is 0 Å². The maximum atomic E-state index is 11.8. The third kappa shape index (κ3) is 3.55. The van der Waals surface area contributed by atoms with Gasteiger partial charge in [0, 0.05) is 12.1 Å².